The van der Waals surface area contributed by atoms with Crippen LogP contribution in [0.1, 0.15) is 12.0 Å². The van der Waals surface area contributed by atoms with Gasteiger partial charge >= 0.3 is 6.18 Å². The molecule has 0 radical (unpaired) electrons. The summed E-state index contributed by atoms with van der Waals surface area (Å²) in [6, 6.07) is 6.67. The van der Waals surface area contributed by atoms with E-state index in [9.17, 15) is 18.0 Å². The van der Waals surface area contributed by atoms with Crippen LogP contribution < -0.4 is 10.6 Å². The van der Waals surface area contributed by atoms with Crippen LogP contribution in [0.3, 0.4) is 0 Å². The summed E-state index contributed by atoms with van der Waals surface area (Å²) in [7, 11) is 1.76. The minimum absolute atomic E-state index is 0.368. The number of benzene rings is 1. The summed E-state index contributed by atoms with van der Waals surface area (Å²) in [6.07, 6.45) is -5.95. The van der Waals surface area contributed by atoms with E-state index in [1.807, 2.05) is 6.07 Å². The maximum atomic E-state index is 11.9. The van der Waals surface area contributed by atoms with Crippen LogP contribution in [0.15, 0.2) is 24.3 Å². The van der Waals surface area contributed by atoms with Gasteiger partial charge in [0.15, 0.2) is 0 Å². The van der Waals surface area contributed by atoms with E-state index in [1.165, 1.54) is 0 Å². The van der Waals surface area contributed by atoms with Gasteiger partial charge < -0.3 is 10.6 Å². The lowest BCUT2D eigenvalue weighted by Crippen LogP contribution is -2.21. The number of alkyl halides is 3. The molecule has 1 aromatic carbocycles. The molecule has 0 saturated carbocycles. The standard InChI is InChI=1S/C11H13F3N2O/c1-15-7-8-3-2-4-9(5-8)16-10(17)6-11(12,13)14/h2-5,15H,6-7H2,1H3,(H,16,17). The lowest BCUT2D eigenvalue weighted by Gasteiger charge is -2.09. The normalized spacial score (nSPS) is 11.3. The lowest BCUT2D eigenvalue weighted by molar-refractivity contribution is -0.150. The molecule has 0 spiro atoms. The molecular weight excluding hydrogens is 233 g/mol. The Morgan fingerprint density at radius 2 is 2.06 bits per heavy atom. The fourth-order valence-corrected chi connectivity index (χ4v) is 1.35. The SMILES string of the molecule is CNCc1cccc(NC(=O)CC(F)(F)F)c1. The van der Waals surface area contributed by atoms with Crippen molar-refractivity contribution < 1.29 is 18.0 Å². The number of amides is 1. The van der Waals surface area contributed by atoms with Gasteiger partial charge in [-0.1, -0.05) is 12.1 Å². The number of anilines is 1. The highest BCUT2D eigenvalue weighted by Crippen LogP contribution is 2.20. The summed E-state index contributed by atoms with van der Waals surface area (Å²) < 4.78 is 35.8. The third-order valence-electron chi connectivity index (χ3n) is 1.95. The average Bonchev–Trinajstić information content (AvgIpc) is 2.15. The molecule has 0 atom stereocenters. The number of halogens is 3. The molecule has 17 heavy (non-hydrogen) atoms. The van der Waals surface area contributed by atoms with Crippen molar-refractivity contribution in [3.63, 3.8) is 0 Å². The molecule has 0 saturated heterocycles. The van der Waals surface area contributed by atoms with E-state index in [4.69, 9.17) is 0 Å². The second-order valence-electron chi connectivity index (χ2n) is 3.57. The molecule has 6 heteroatoms. The van der Waals surface area contributed by atoms with E-state index in [2.05, 4.69) is 10.6 Å². The van der Waals surface area contributed by atoms with Crippen LogP contribution in [0.4, 0.5) is 18.9 Å². The second-order valence-corrected chi connectivity index (χ2v) is 3.57. The van der Waals surface area contributed by atoms with Crippen LogP contribution in [0, 0.1) is 0 Å². The summed E-state index contributed by atoms with van der Waals surface area (Å²) in [5, 5.41) is 5.12. The lowest BCUT2D eigenvalue weighted by atomic mass is 10.2. The second kappa shape index (κ2) is 5.67. The molecule has 3 nitrogen and oxygen atoms in total. The minimum atomic E-state index is -4.48. The molecular formula is C11H13F3N2O. The fraction of sp³-hybridized carbons (Fsp3) is 0.364. The molecule has 0 aliphatic heterocycles. The highest BCUT2D eigenvalue weighted by molar-refractivity contribution is 5.91. The predicted octanol–water partition coefficient (Wildman–Crippen LogP) is 2.30. The van der Waals surface area contributed by atoms with Crippen molar-refractivity contribution in [1.29, 1.82) is 0 Å². The molecule has 0 aromatic heterocycles. The van der Waals surface area contributed by atoms with Crippen molar-refractivity contribution in [2.24, 2.45) is 0 Å². The van der Waals surface area contributed by atoms with E-state index in [0.29, 0.717) is 12.2 Å². The van der Waals surface area contributed by atoms with Crippen molar-refractivity contribution >= 4 is 11.6 Å². The first-order valence-electron chi connectivity index (χ1n) is 5.01. The van der Waals surface area contributed by atoms with Crippen LogP contribution in [0.5, 0.6) is 0 Å². The number of carbonyl (C=O) groups excluding carboxylic acids is 1. The molecule has 0 bridgehead atoms. The molecule has 1 aromatic rings. The van der Waals surface area contributed by atoms with Gasteiger partial charge in [-0.05, 0) is 24.7 Å². The van der Waals surface area contributed by atoms with Crippen molar-refractivity contribution in [2.75, 3.05) is 12.4 Å². The van der Waals surface area contributed by atoms with Crippen LogP contribution in [0.25, 0.3) is 0 Å². The zero-order valence-electron chi connectivity index (χ0n) is 9.27. The minimum Gasteiger partial charge on any atom is -0.326 e. The fourth-order valence-electron chi connectivity index (χ4n) is 1.35. The Balaban J connectivity index is 2.62. The van der Waals surface area contributed by atoms with E-state index in [0.717, 1.165) is 5.56 Å². The Hall–Kier alpha value is -1.56. The van der Waals surface area contributed by atoms with Crippen LogP contribution in [0.2, 0.25) is 0 Å². The molecule has 0 aliphatic rings. The van der Waals surface area contributed by atoms with E-state index >= 15 is 0 Å². The Morgan fingerprint density at radius 3 is 2.65 bits per heavy atom. The highest BCUT2D eigenvalue weighted by Gasteiger charge is 2.31. The maximum absolute atomic E-state index is 11.9. The molecule has 1 rings (SSSR count). The van der Waals surface area contributed by atoms with Crippen molar-refractivity contribution in [3.8, 4) is 0 Å². The van der Waals surface area contributed by atoms with Gasteiger partial charge in [-0.2, -0.15) is 13.2 Å². The summed E-state index contributed by atoms with van der Waals surface area (Å²) in [6.45, 7) is 0.586. The first-order valence-corrected chi connectivity index (χ1v) is 5.01. The third kappa shape index (κ3) is 5.35. The number of carbonyl (C=O) groups is 1. The van der Waals surface area contributed by atoms with Gasteiger partial charge in [-0.25, -0.2) is 0 Å². The van der Waals surface area contributed by atoms with Gasteiger partial charge in [-0.15, -0.1) is 0 Å². The largest absolute Gasteiger partial charge is 0.397 e. The monoisotopic (exact) mass is 246 g/mol. The quantitative estimate of drug-likeness (QED) is 0.855. The molecule has 0 heterocycles. The first kappa shape index (κ1) is 13.5. The van der Waals surface area contributed by atoms with Crippen molar-refractivity contribution in [2.45, 2.75) is 19.1 Å². The van der Waals surface area contributed by atoms with E-state index in [1.54, 1.807) is 25.2 Å². The van der Waals surface area contributed by atoms with Gasteiger partial charge in [0.2, 0.25) is 5.91 Å². The molecule has 1 amide bonds. The average molecular weight is 246 g/mol. The summed E-state index contributed by atoms with van der Waals surface area (Å²) in [5.74, 6) is -1.06. The number of hydrogen-bond donors (Lipinski definition) is 2. The van der Waals surface area contributed by atoms with Crippen molar-refractivity contribution in [3.05, 3.63) is 29.8 Å². The third-order valence-corrected chi connectivity index (χ3v) is 1.95. The highest BCUT2D eigenvalue weighted by atomic mass is 19.4. The number of hydrogen-bond acceptors (Lipinski definition) is 2. The molecule has 2 N–H and O–H groups in total. The van der Waals surface area contributed by atoms with E-state index < -0.39 is 18.5 Å². The topological polar surface area (TPSA) is 41.1 Å². The summed E-state index contributed by atoms with van der Waals surface area (Å²) in [4.78, 5) is 11.1. The van der Waals surface area contributed by atoms with Gasteiger partial charge in [0.25, 0.3) is 0 Å². The number of nitrogens with one attached hydrogen (secondary N) is 2. The zero-order valence-corrected chi connectivity index (χ0v) is 9.27. The van der Waals surface area contributed by atoms with E-state index in [-0.39, 0.29) is 0 Å². The summed E-state index contributed by atoms with van der Waals surface area (Å²) >= 11 is 0. The van der Waals surface area contributed by atoms with Gasteiger partial charge in [-0.3, -0.25) is 4.79 Å². The number of rotatable bonds is 4. The maximum Gasteiger partial charge on any atom is 0.397 e. The smallest absolute Gasteiger partial charge is 0.326 e. The molecule has 0 aliphatic carbocycles. The Bertz CT molecular complexity index is 391. The van der Waals surface area contributed by atoms with Gasteiger partial charge in [0.05, 0.1) is 0 Å². The zero-order chi connectivity index (χ0) is 12.9. The van der Waals surface area contributed by atoms with Crippen molar-refractivity contribution in [1.82, 2.24) is 5.32 Å². The Morgan fingerprint density at radius 1 is 1.35 bits per heavy atom. The molecule has 0 fully saturated rings. The molecule has 0 unspecified atom stereocenters. The molecule has 94 valence electrons. The first-order chi connectivity index (χ1) is 7.90. The predicted molar refractivity (Wildman–Crippen MR) is 58.5 cm³/mol. The Kier molecular flexibility index (Phi) is 4.51. The van der Waals surface area contributed by atoms with Crippen LogP contribution >= 0.6 is 0 Å². The van der Waals surface area contributed by atoms with Crippen LogP contribution in [-0.2, 0) is 11.3 Å². The summed E-state index contributed by atoms with van der Waals surface area (Å²) in [5.41, 5.74) is 1.25. The Labute approximate surface area is 97.0 Å². The van der Waals surface area contributed by atoms with Gasteiger partial charge in [0.1, 0.15) is 6.42 Å². The van der Waals surface area contributed by atoms with Gasteiger partial charge in [0, 0.05) is 12.2 Å². The van der Waals surface area contributed by atoms with Crippen LogP contribution in [-0.4, -0.2) is 19.1 Å².